The first-order valence-corrected chi connectivity index (χ1v) is 9.74. The Hall–Kier alpha value is -2.56. The average Bonchev–Trinajstić information content (AvgIpc) is 3.09. The number of nitrogens with two attached hydrogens (primary N) is 2. The van der Waals surface area contributed by atoms with Crippen LogP contribution in [0, 0.1) is 5.82 Å². The molecule has 0 aliphatic heterocycles. The van der Waals surface area contributed by atoms with Crippen LogP contribution in [0.25, 0.3) is 0 Å². The number of benzene rings is 1. The molecule has 0 radical (unpaired) electrons. The monoisotopic (exact) mass is 408 g/mol. The Bertz CT molecular complexity index is 798. The number of hydrogen-bond donors (Lipinski definition) is 5. The van der Waals surface area contributed by atoms with Crippen LogP contribution in [0.5, 0.6) is 0 Å². The molecule has 1 heterocycles. The van der Waals surface area contributed by atoms with Gasteiger partial charge in [0.05, 0.1) is 18.3 Å². The molecule has 2 atom stereocenters. The van der Waals surface area contributed by atoms with Crippen LogP contribution in [-0.2, 0) is 17.9 Å². The number of rotatable bonds is 9. The Morgan fingerprint density at radius 3 is 2.71 bits per heavy atom. The van der Waals surface area contributed by atoms with Gasteiger partial charge in [-0.25, -0.2) is 14.2 Å². The number of halogens is 1. The van der Waals surface area contributed by atoms with Crippen LogP contribution < -0.4 is 27.4 Å². The van der Waals surface area contributed by atoms with E-state index in [0.717, 1.165) is 0 Å². The highest BCUT2D eigenvalue weighted by molar-refractivity contribution is 7.13. The molecule has 0 aliphatic rings. The van der Waals surface area contributed by atoms with Crippen molar-refractivity contribution in [2.45, 2.75) is 44.9 Å². The fraction of sp³-hybridized carbons (Fsp3) is 0.389. The van der Waals surface area contributed by atoms with Crippen molar-refractivity contribution >= 4 is 28.4 Å². The summed E-state index contributed by atoms with van der Waals surface area (Å²) in [5, 5.41) is 10.1. The predicted octanol–water partition coefficient (Wildman–Crippen LogP) is 1.67. The molecule has 2 aromatic rings. The van der Waals surface area contributed by atoms with Crippen LogP contribution in [0.3, 0.4) is 0 Å². The number of carbonyl (C=O) groups excluding carboxylic acids is 2. The van der Waals surface area contributed by atoms with E-state index in [4.69, 9.17) is 11.5 Å². The van der Waals surface area contributed by atoms with Crippen molar-refractivity contribution in [3.8, 4) is 0 Å². The van der Waals surface area contributed by atoms with Crippen LogP contribution in [0.4, 0.5) is 14.3 Å². The molecule has 3 amide bonds. The maximum atomic E-state index is 13.1. The number of amides is 3. The minimum atomic E-state index is -0.615. The molecule has 8 nitrogen and oxygen atoms in total. The fourth-order valence-electron chi connectivity index (χ4n) is 2.30. The van der Waals surface area contributed by atoms with Gasteiger partial charge in [0.1, 0.15) is 5.82 Å². The molecule has 10 heteroatoms. The molecule has 1 aromatic carbocycles. The molecule has 0 fully saturated rings. The summed E-state index contributed by atoms with van der Waals surface area (Å²) in [5.41, 5.74) is 12.7. The Kier molecular flexibility index (Phi) is 8.30. The van der Waals surface area contributed by atoms with E-state index < -0.39 is 12.1 Å². The Balaban J connectivity index is 1.74. The first-order valence-electron chi connectivity index (χ1n) is 8.86. The number of urea groups is 1. The first kappa shape index (κ1) is 21.7. The van der Waals surface area contributed by atoms with Crippen LogP contribution in [0.15, 0.2) is 29.6 Å². The van der Waals surface area contributed by atoms with Gasteiger partial charge in [-0.05, 0) is 37.5 Å². The molecular formula is C18H25FN6O2S. The highest BCUT2D eigenvalue weighted by Gasteiger charge is 2.14. The molecule has 2 rings (SSSR count). The summed E-state index contributed by atoms with van der Waals surface area (Å²) in [6.07, 6.45) is 1.18. The van der Waals surface area contributed by atoms with Crippen molar-refractivity contribution in [3.05, 3.63) is 46.7 Å². The topological polar surface area (TPSA) is 135 Å². The number of hydrogen-bond acceptors (Lipinski definition) is 6. The summed E-state index contributed by atoms with van der Waals surface area (Å²) in [4.78, 5) is 28.1. The average molecular weight is 409 g/mol. The van der Waals surface area contributed by atoms with E-state index in [9.17, 15) is 14.0 Å². The van der Waals surface area contributed by atoms with E-state index in [-0.39, 0.29) is 30.9 Å². The van der Waals surface area contributed by atoms with Gasteiger partial charge in [0.25, 0.3) is 0 Å². The van der Waals surface area contributed by atoms with Crippen LogP contribution in [0.1, 0.15) is 31.0 Å². The molecule has 0 saturated carbocycles. The molecule has 28 heavy (non-hydrogen) atoms. The third-order valence-electron chi connectivity index (χ3n) is 3.83. The van der Waals surface area contributed by atoms with Gasteiger partial charge in [-0.2, -0.15) is 0 Å². The summed E-state index contributed by atoms with van der Waals surface area (Å²) in [6.45, 7) is 2.27. The number of carbonyl (C=O) groups is 2. The van der Waals surface area contributed by atoms with Crippen molar-refractivity contribution in [3.63, 3.8) is 0 Å². The molecule has 7 N–H and O–H groups in total. The van der Waals surface area contributed by atoms with Crippen LogP contribution >= 0.6 is 11.3 Å². The Morgan fingerprint density at radius 1 is 1.21 bits per heavy atom. The van der Waals surface area contributed by atoms with Crippen molar-refractivity contribution in [2.24, 2.45) is 11.5 Å². The van der Waals surface area contributed by atoms with Gasteiger partial charge in [-0.3, -0.25) is 10.1 Å². The number of thiazole rings is 1. The SMILES string of the molecule is CC(N)CCC(N)C(=O)NCc1csc(NC(=O)NCc2cccc(F)c2)n1. The molecule has 2 unspecified atom stereocenters. The second-order valence-corrected chi connectivity index (χ2v) is 7.32. The lowest BCUT2D eigenvalue weighted by Crippen LogP contribution is -2.41. The lowest BCUT2D eigenvalue weighted by atomic mass is 10.1. The molecule has 0 saturated heterocycles. The summed E-state index contributed by atoms with van der Waals surface area (Å²) in [6, 6.07) is 4.91. The number of nitrogens with zero attached hydrogens (tertiary/aromatic N) is 1. The van der Waals surface area contributed by atoms with Crippen molar-refractivity contribution in [2.75, 3.05) is 5.32 Å². The van der Waals surface area contributed by atoms with E-state index in [1.54, 1.807) is 17.5 Å². The van der Waals surface area contributed by atoms with Crippen molar-refractivity contribution < 1.29 is 14.0 Å². The van der Waals surface area contributed by atoms with Crippen LogP contribution in [0.2, 0.25) is 0 Å². The third kappa shape index (κ3) is 7.59. The normalized spacial score (nSPS) is 12.9. The van der Waals surface area contributed by atoms with E-state index in [1.807, 2.05) is 6.92 Å². The zero-order chi connectivity index (χ0) is 20.5. The van der Waals surface area contributed by atoms with E-state index in [1.165, 1.54) is 23.5 Å². The van der Waals surface area contributed by atoms with Crippen LogP contribution in [-0.4, -0.2) is 29.0 Å². The highest BCUT2D eigenvalue weighted by Crippen LogP contribution is 2.15. The Morgan fingerprint density at radius 2 is 2.00 bits per heavy atom. The molecule has 0 aliphatic carbocycles. The number of nitrogens with one attached hydrogen (secondary N) is 3. The van der Waals surface area contributed by atoms with E-state index >= 15 is 0 Å². The zero-order valence-corrected chi connectivity index (χ0v) is 16.4. The van der Waals surface area contributed by atoms with Gasteiger partial charge in [0.15, 0.2) is 5.13 Å². The van der Waals surface area contributed by atoms with Gasteiger partial charge in [0, 0.05) is 18.0 Å². The minimum absolute atomic E-state index is 0.00177. The summed E-state index contributed by atoms with van der Waals surface area (Å²) in [7, 11) is 0. The van der Waals surface area contributed by atoms with Gasteiger partial charge >= 0.3 is 6.03 Å². The van der Waals surface area contributed by atoms with E-state index in [2.05, 4.69) is 20.9 Å². The standard InChI is InChI=1S/C18H25FN6O2S/c1-11(20)5-6-15(21)16(26)22-9-14-10-28-18(24-14)25-17(27)23-8-12-3-2-4-13(19)7-12/h2-4,7,10-11,15H,5-6,8-9,20-21H2,1H3,(H,22,26)(H2,23,24,25,27). The second kappa shape index (κ2) is 10.7. The van der Waals surface area contributed by atoms with Gasteiger partial charge < -0.3 is 22.1 Å². The van der Waals surface area contributed by atoms with Gasteiger partial charge in [-0.1, -0.05) is 12.1 Å². The lowest BCUT2D eigenvalue weighted by Gasteiger charge is -2.12. The summed E-state index contributed by atoms with van der Waals surface area (Å²) < 4.78 is 13.1. The Labute approximate surface area is 166 Å². The number of anilines is 1. The summed E-state index contributed by atoms with van der Waals surface area (Å²) >= 11 is 1.23. The predicted molar refractivity (Wildman–Crippen MR) is 107 cm³/mol. The quantitative estimate of drug-likeness (QED) is 0.430. The van der Waals surface area contributed by atoms with E-state index in [0.29, 0.717) is 29.2 Å². The minimum Gasteiger partial charge on any atom is -0.349 e. The molecule has 152 valence electrons. The molecule has 0 spiro atoms. The maximum absolute atomic E-state index is 13.1. The van der Waals surface area contributed by atoms with Crippen molar-refractivity contribution in [1.29, 1.82) is 0 Å². The smallest absolute Gasteiger partial charge is 0.321 e. The van der Waals surface area contributed by atoms with Crippen molar-refractivity contribution in [1.82, 2.24) is 15.6 Å². The zero-order valence-electron chi connectivity index (χ0n) is 15.6. The van der Waals surface area contributed by atoms with Gasteiger partial charge in [-0.15, -0.1) is 11.3 Å². The fourth-order valence-corrected chi connectivity index (χ4v) is 3.00. The maximum Gasteiger partial charge on any atom is 0.321 e. The van der Waals surface area contributed by atoms with Gasteiger partial charge in [0.2, 0.25) is 5.91 Å². The summed E-state index contributed by atoms with van der Waals surface area (Å²) in [5.74, 6) is -0.625. The number of aromatic nitrogens is 1. The second-order valence-electron chi connectivity index (χ2n) is 6.46. The molecule has 0 bridgehead atoms. The highest BCUT2D eigenvalue weighted by atomic mass is 32.1. The lowest BCUT2D eigenvalue weighted by molar-refractivity contribution is -0.122. The largest absolute Gasteiger partial charge is 0.349 e. The third-order valence-corrected chi connectivity index (χ3v) is 4.63. The molecular weight excluding hydrogens is 383 g/mol. The first-order chi connectivity index (χ1) is 13.3. The molecule has 1 aromatic heterocycles.